The lowest BCUT2D eigenvalue weighted by molar-refractivity contribution is 0.102. The Kier molecular flexibility index (Phi) is 3.68. The molecule has 0 atom stereocenters. The van der Waals surface area contributed by atoms with Gasteiger partial charge in [-0.2, -0.15) is 0 Å². The Morgan fingerprint density at radius 1 is 1.48 bits per heavy atom. The summed E-state index contributed by atoms with van der Waals surface area (Å²) < 4.78 is 0. The summed E-state index contributed by atoms with van der Waals surface area (Å²) in [6, 6.07) is 5.91. The number of thiophene rings is 1. The second-order valence-corrected chi connectivity index (χ2v) is 6.57. The zero-order valence-corrected chi connectivity index (χ0v) is 13.1. The van der Waals surface area contributed by atoms with Crippen molar-refractivity contribution in [2.75, 3.05) is 17.7 Å². The molecule has 0 aromatic carbocycles. The van der Waals surface area contributed by atoms with Gasteiger partial charge < -0.3 is 10.6 Å². The summed E-state index contributed by atoms with van der Waals surface area (Å²) in [7, 11) is 2.04. The third-order valence-electron chi connectivity index (χ3n) is 3.74. The van der Waals surface area contributed by atoms with Crippen molar-refractivity contribution in [1.29, 1.82) is 0 Å². The summed E-state index contributed by atoms with van der Waals surface area (Å²) in [4.78, 5) is 19.0. The Hall–Kier alpha value is -1.88. The molecule has 0 saturated heterocycles. The Balaban J connectivity index is 1.93. The van der Waals surface area contributed by atoms with Gasteiger partial charge >= 0.3 is 0 Å². The molecule has 1 aliphatic carbocycles. The average Bonchev–Trinajstić information content (AvgIpc) is 3.22. The number of ketones is 1. The predicted octanol–water partition coefficient (Wildman–Crippen LogP) is 3.44. The van der Waals surface area contributed by atoms with Gasteiger partial charge in [0.05, 0.1) is 27.8 Å². The van der Waals surface area contributed by atoms with Crippen molar-refractivity contribution in [3.63, 3.8) is 0 Å². The molecule has 0 bridgehead atoms. The van der Waals surface area contributed by atoms with E-state index in [2.05, 4.69) is 9.88 Å². The number of hydrogen-bond acceptors (Lipinski definition) is 5. The number of nitrogens with zero attached hydrogens (tertiary/aromatic N) is 2. The maximum atomic E-state index is 11.8. The van der Waals surface area contributed by atoms with Gasteiger partial charge in [-0.25, -0.2) is 0 Å². The zero-order chi connectivity index (χ0) is 15.0. The van der Waals surface area contributed by atoms with Crippen LogP contribution in [-0.4, -0.2) is 17.8 Å². The van der Waals surface area contributed by atoms with Gasteiger partial charge in [-0.05, 0) is 30.9 Å². The minimum Gasteiger partial charge on any atom is -0.397 e. The normalized spacial score (nSPS) is 14.2. The van der Waals surface area contributed by atoms with Crippen LogP contribution in [0.2, 0.25) is 0 Å². The fraction of sp³-hybridized carbons (Fsp3) is 0.375. The van der Waals surface area contributed by atoms with E-state index in [1.54, 1.807) is 13.1 Å². The largest absolute Gasteiger partial charge is 0.397 e. The van der Waals surface area contributed by atoms with Crippen LogP contribution in [0.3, 0.4) is 0 Å². The number of nitrogens with two attached hydrogens (primary N) is 1. The summed E-state index contributed by atoms with van der Waals surface area (Å²) in [5.74, 6) is 0.576. The highest BCUT2D eigenvalue weighted by molar-refractivity contribution is 7.18. The van der Waals surface area contributed by atoms with Crippen molar-refractivity contribution in [1.82, 2.24) is 4.98 Å². The van der Waals surface area contributed by atoms with E-state index < -0.39 is 0 Å². The molecule has 2 heterocycles. The molecular weight excluding hydrogens is 282 g/mol. The highest BCUT2D eigenvalue weighted by Gasteiger charge is 2.33. The van der Waals surface area contributed by atoms with E-state index >= 15 is 0 Å². The monoisotopic (exact) mass is 301 g/mol. The highest BCUT2D eigenvalue weighted by atomic mass is 32.1. The molecule has 0 radical (unpaired) electrons. The number of Topliss-reactive ketones (excluding diaryl/α,β-unsaturated/α-hetero) is 1. The number of anilines is 2. The second-order valence-electron chi connectivity index (χ2n) is 5.57. The van der Waals surface area contributed by atoms with Crippen molar-refractivity contribution in [2.24, 2.45) is 0 Å². The molecule has 2 aromatic heterocycles. The Morgan fingerprint density at radius 2 is 2.24 bits per heavy atom. The molecule has 0 amide bonds. The zero-order valence-electron chi connectivity index (χ0n) is 12.3. The maximum Gasteiger partial charge on any atom is 0.171 e. The molecule has 3 rings (SSSR count). The first-order valence-electron chi connectivity index (χ1n) is 7.12. The molecule has 2 N–H and O–H groups in total. The molecule has 0 aliphatic heterocycles. The van der Waals surface area contributed by atoms with Crippen LogP contribution in [0.25, 0.3) is 0 Å². The van der Waals surface area contributed by atoms with Crippen LogP contribution in [0.5, 0.6) is 0 Å². The minimum atomic E-state index is 0.0527. The molecule has 5 heteroatoms. The number of rotatable bonds is 5. The smallest absolute Gasteiger partial charge is 0.171 e. The number of nitrogen functional groups attached to an aromatic ring is 1. The quantitative estimate of drug-likeness (QED) is 0.859. The third kappa shape index (κ3) is 2.78. The van der Waals surface area contributed by atoms with Crippen LogP contribution in [0.1, 0.15) is 46.6 Å². The summed E-state index contributed by atoms with van der Waals surface area (Å²) in [5, 5.41) is 1.12. The first kappa shape index (κ1) is 14.1. The number of hydrogen-bond donors (Lipinski definition) is 1. The van der Waals surface area contributed by atoms with Gasteiger partial charge in [0.25, 0.3) is 0 Å². The van der Waals surface area contributed by atoms with Gasteiger partial charge in [0.15, 0.2) is 5.78 Å². The Labute approximate surface area is 128 Å². The van der Waals surface area contributed by atoms with E-state index in [-0.39, 0.29) is 5.78 Å². The number of carbonyl (C=O) groups excluding carboxylic acids is 1. The van der Waals surface area contributed by atoms with Gasteiger partial charge in [-0.3, -0.25) is 9.78 Å². The average molecular weight is 301 g/mol. The van der Waals surface area contributed by atoms with Crippen LogP contribution < -0.4 is 10.6 Å². The van der Waals surface area contributed by atoms with Crippen LogP contribution in [0.4, 0.5) is 10.7 Å². The number of pyridine rings is 1. The molecular formula is C16H19N3OS. The van der Waals surface area contributed by atoms with E-state index in [0.29, 0.717) is 16.5 Å². The van der Waals surface area contributed by atoms with Crippen LogP contribution in [0, 0.1) is 0 Å². The van der Waals surface area contributed by atoms with E-state index in [9.17, 15) is 4.79 Å². The molecule has 110 valence electrons. The van der Waals surface area contributed by atoms with Crippen molar-refractivity contribution in [3.8, 4) is 0 Å². The van der Waals surface area contributed by atoms with Crippen molar-refractivity contribution >= 4 is 27.8 Å². The fourth-order valence-corrected chi connectivity index (χ4v) is 3.73. The topological polar surface area (TPSA) is 59.2 Å². The molecule has 4 nitrogen and oxygen atoms in total. The summed E-state index contributed by atoms with van der Waals surface area (Å²) in [6.07, 6.45) is 4.14. The summed E-state index contributed by atoms with van der Waals surface area (Å²) in [6.45, 7) is 2.30. The van der Waals surface area contributed by atoms with E-state index in [1.165, 1.54) is 29.7 Å². The Bertz CT molecular complexity index is 662. The van der Waals surface area contributed by atoms with Crippen molar-refractivity contribution in [2.45, 2.75) is 32.2 Å². The summed E-state index contributed by atoms with van der Waals surface area (Å²) >= 11 is 1.51. The van der Waals surface area contributed by atoms with Crippen molar-refractivity contribution < 1.29 is 4.79 Å². The second kappa shape index (κ2) is 5.48. The van der Waals surface area contributed by atoms with Gasteiger partial charge in [0.1, 0.15) is 0 Å². The maximum absolute atomic E-state index is 11.8. The number of aromatic nitrogens is 1. The number of carbonyl (C=O) groups is 1. The predicted molar refractivity (Wildman–Crippen MR) is 87.1 cm³/mol. The molecule has 0 spiro atoms. The Morgan fingerprint density at radius 3 is 2.81 bits per heavy atom. The third-order valence-corrected chi connectivity index (χ3v) is 5.18. The first-order chi connectivity index (χ1) is 10.1. The summed E-state index contributed by atoms with van der Waals surface area (Å²) in [5.41, 5.74) is 9.10. The van der Waals surface area contributed by atoms with Crippen LogP contribution in [0.15, 0.2) is 24.4 Å². The molecule has 1 saturated carbocycles. The molecule has 0 unspecified atom stereocenters. The first-order valence-corrected chi connectivity index (χ1v) is 7.93. The minimum absolute atomic E-state index is 0.0527. The lowest BCUT2D eigenvalue weighted by atomic mass is 10.1. The van der Waals surface area contributed by atoms with Crippen molar-refractivity contribution in [3.05, 3.63) is 40.5 Å². The molecule has 1 fully saturated rings. The van der Waals surface area contributed by atoms with Gasteiger partial charge in [0, 0.05) is 25.7 Å². The van der Waals surface area contributed by atoms with Crippen LogP contribution >= 0.6 is 11.3 Å². The standard InChI is InChI=1S/C16H19N3OS/c1-10(20)15-14(17)13(11-6-7-11)16(21-15)19(2)9-12-5-3-4-8-18-12/h3-5,8,11H,6-7,9,17H2,1-2H3. The fourth-order valence-electron chi connectivity index (χ4n) is 2.56. The molecule has 21 heavy (non-hydrogen) atoms. The van der Waals surface area contributed by atoms with Crippen LogP contribution in [-0.2, 0) is 6.54 Å². The van der Waals surface area contributed by atoms with E-state index in [0.717, 1.165) is 17.2 Å². The van der Waals surface area contributed by atoms with Gasteiger partial charge in [-0.15, -0.1) is 11.3 Å². The van der Waals surface area contributed by atoms with E-state index in [4.69, 9.17) is 5.73 Å². The highest BCUT2D eigenvalue weighted by Crippen LogP contribution is 2.52. The van der Waals surface area contributed by atoms with E-state index in [1.807, 2.05) is 25.2 Å². The molecule has 1 aliphatic rings. The lowest BCUT2D eigenvalue weighted by Crippen LogP contribution is -2.17. The van der Waals surface area contributed by atoms with Gasteiger partial charge in [0.2, 0.25) is 0 Å². The van der Waals surface area contributed by atoms with Gasteiger partial charge in [-0.1, -0.05) is 6.07 Å². The molecule has 2 aromatic rings. The lowest BCUT2D eigenvalue weighted by Gasteiger charge is -2.19. The SMILES string of the molecule is CC(=O)c1sc(N(C)Cc2ccccn2)c(C2CC2)c1N.